The smallest absolute Gasteiger partial charge is 0.223 e. The summed E-state index contributed by atoms with van der Waals surface area (Å²) < 4.78 is 13.1. The number of rotatable bonds is 5. The molecular formula is C16H18FNOS. The Hall–Kier alpha value is -1.68. The van der Waals surface area contributed by atoms with E-state index in [2.05, 4.69) is 5.32 Å². The molecule has 2 rings (SSSR count). The molecule has 2 atom stereocenters. The highest BCUT2D eigenvalue weighted by atomic mass is 32.1. The van der Waals surface area contributed by atoms with E-state index in [4.69, 9.17) is 0 Å². The highest BCUT2D eigenvalue weighted by molar-refractivity contribution is 7.10. The lowest BCUT2D eigenvalue weighted by Crippen LogP contribution is -2.32. The molecule has 0 saturated carbocycles. The maximum Gasteiger partial charge on any atom is 0.223 e. The average Bonchev–Trinajstić information content (AvgIpc) is 2.98. The van der Waals surface area contributed by atoms with Crippen LogP contribution in [0.4, 0.5) is 4.39 Å². The summed E-state index contributed by atoms with van der Waals surface area (Å²) >= 11 is 1.58. The van der Waals surface area contributed by atoms with E-state index >= 15 is 0 Å². The Balaban J connectivity index is 2.26. The predicted molar refractivity (Wildman–Crippen MR) is 80.2 cm³/mol. The van der Waals surface area contributed by atoms with Crippen LogP contribution >= 0.6 is 11.3 Å². The summed E-state index contributed by atoms with van der Waals surface area (Å²) in [6.45, 7) is 3.90. The second-order valence-corrected chi connectivity index (χ2v) is 5.80. The fourth-order valence-electron chi connectivity index (χ4n) is 1.90. The molecule has 1 heterocycles. The standard InChI is InChI=1S/C16H18FNOS/c1-3-11(2)16(19)18-15(14-5-4-10-20-14)12-6-8-13(17)9-7-12/h4-11,15H,3H2,1-2H3,(H,18,19). The van der Waals surface area contributed by atoms with Crippen LogP contribution in [0.1, 0.15) is 36.8 Å². The van der Waals surface area contributed by atoms with E-state index in [1.165, 1.54) is 12.1 Å². The zero-order chi connectivity index (χ0) is 14.5. The molecule has 1 aromatic carbocycles. The number of carbonyl (C=O) groups excluding carboxylic acids is 1. The molecule has 0 spiro atoms. The summed E-state index contributed by atoms with van der Waals surface area (Å²) in [5, 5.41) is 5.03. The van der Waals surface area contributed by atoms with Crippen molar-refractivity contribution in [2.75, 3.05) is 0 Å². The molecule has 20 heavy (non-hydrogen) atoms. The van der Waals surface area contributed by atoms with E-state index in [-0.39, 0.29) is 23.7 Å². The first-order valence-electron chi connectivity index (χ1n) is 6.71. The summed E-state index contributed by atoms with van der Waals surface area (Å²) in [5.74, 6) is -0.278. The minimum Gasteiger partial charge on any atom is -0.344 e. The molecule has 0 bridgehead atoms. The Labute approximate surface area is 122 Å². The van der Waals surface area contributed by atoms with Gasteiger partial charge in [-0.2, -0.15) is 0 Å². The van der Waals surface area contributed by atoms with Crippen LogP contribution in [-0.4, -0.2) is 5.91 Å². The summed E-state index contributed by atoms with van der Waals surface area (Å²) in [7, 11) is 0. The van der Waals surface area contributed by atoms with Gasteiger partial charge >= 0.3 is 0 Å². The molecule has 1 aromatic heterocycles. The fourth-order valence-corrected chi connectivity index (χ4v) is 2.70. The zero-order valence-electron chi connectivity index (χ0n) is 11.6. The van der Waals surface area contributed by atoms with Crippen molar-refractivity contribution >= 4 is 17.2 Å². The first-order chi connectivity index (χ1) is 9.61. The van der Waals surface area contributed by atoms with E-state index in [1.54, 1.807) is 23.5 Å². The van der Waals surface area contributed by atoms with Gasteiger partial charge in [0.1, 0.15) is 5.82 Å². The van der Waals surface area contributed by atoms with Crippen molar-refractivity contribution in [2.24, 2.45) is 5.92 Å². The maximum atomic E-state index is 13.1. The minimum atomic E-state index is -0.271. The Bertz CT molecular complexity index is 550. The van der Waals surface area contributed by atoms with Gasteiger partial charge in [-0.3, -0.25) is 4.79 Å². The van der Waals surface area contributed by atoms with Crippen LogP contribution in [0.15, 0.2) is 41.8 Å². The molecule has 0 aliphatic heterocycles. The monoisotopic (exact) mass is 291 g/mol. The van der Waals surface area contributed by atoms with Crippen LogP contribution in [0.25, 0.3) is 0 Å². The number of nitrogens with one attached hydrogen (secondary N) is 1. The van der Waals surface area contributed by atoms with E-state index in [0.717, 1.165) is 16.9 Å². The molecule has 0 saturated heterocycles. The molecule has 0 fully saturated rings. The van der Waals surface area contributed by atoms with E-state index in [1.807, 2.05) is 31.4 Å². The predicted octanol–water partition coefficient (Wildman–Crippen LogP) is 4.14. The quantitative estimate of drug-likeness (QED) is 0.881. The third kappa shape index (κ3) is 3.45. The Kier molecular flexibility index (Phi) is 4.90. The minimum absolute atomic E-state index is 0.0234. The van der Waals surface area contributed by atoms with Gasteiger partial charge in [-0.1, -0.05) is 32.0 Å². The first-order valence-corrected chi connectivity index (χ1v) is 7.59. The summed E-state index contributed by atoms with van der Waals surface area (Å²) in [5.41, 5.74) is 0.894. The van der Waals surface area contributed by atoms with Crippen molar-refractivity contribution in [1.82, 2.24) is 5.32 Å². The highest BCUT2D eigenvalue weighted by Crippen LogP contribution is 2.26. The summed E-state index contributed by atoms with van der Waals surface area (Å²) in [6, 6.07) is 10.0. The molecule has 2 nitrogen and oxygen atoms in total. The second kappa shape index (κ2) is 6.66. The van der Waals surface area contributed by atoms with E-state index < -0.39 is 0 Å². The van der Waals surface area contributed by atoms with Crippen molar-refractivity contribution in [1.29, 1.82) is 0 Å². The lowest BCUT2D eigenvalue weighted by atomic mass is 10.0. The number of thiophene rings is 1. The number of hydrogen-bond donors (Lipinski definition) is 1. The molecule has 1 amide bonds. The molecule has 4 heteroatoms. The normalized spacial score (nSPS) is 13.8. The van der Waals surface area contributed by atoms with Crippen molar-refractivity contribution in [3.05, 3.63) is 58.0 Å². The molecule has 106 valence electrons. The molecule has 0 aliphatic rings. The van der Waals surface area contributed by atoms with E-state index in [0.29, 0.717) is 0 Å². The van der Waals surface area contributed by atoms with Crippen molar-refractivity contribution in [2.45, 2.75) is 26.3 Å². The van der Waals surface area contributed by atoms with Crippen LogP contribution in [-0.2, 0) is 4.79 Å². The van der Waals surface area contributed by atoms with Gasteiger partial charge in [0.15, 0.2) is 0 Å². The number of carbonyl (C=O) groups is 1. The van der Waals surface area contributed by atoms with Gasteiger partial charge in [0, 0.05) is 10.8 Å². The van der Waals surface area contributed by atoms with Crippen LogP contribution in [0, 0.1) is 11.7 Å². The first kappa shape index (κ1) is 14.7. The van der Waals surface area contributed by atoms with Crippen LogP contribution in [0.5, 0.6) is 0 Å². The highest BCUT2D eigenvalue weighted by Gasteiger charge is 2.20. The second-order valence-electron chi connectivity index (χ2n) is 4.82. The van der Waals surface area contributed by atoms with Gasteiger partial charge in [-0.25, -0.2) is 4.39 Å². The maximum absolute atomic E-state index is 13.1. The Morgan fingerprint density at radius 3 is 2.55 bits per heavy atom. The number of benzene rings is 1. The van der Waals surface area contributed by atoms with Gasteiger partial charge in [0.25, 0.3) is 0 Å². The number of amides is 1. The van der Waals surface area contributed by atoms with Crippen molar-refractivity contribution in [3.8, 4) is 0 Å². The van der Waals surface area contributed by atoms with Gasteiger partial charge in [-0.15, -0.1) is 11.3 Å². The van der Waals surface area contributed by atoms with E-state index in [9.17, 15) is 9.18 Å². The Morgan fingerprint density at radius 1 is 1.30 bits per heavy atom. The zero-order valence-corrected chi connectivity index (χ0v) is 12.4. The lowest BCUT2D eigenvalue weighted by molar-refractivity contribution is -0.125. The van der Waals surface area contributed by atoms with Crippen LogP contribution in [0.2, 0.25) is 0 Å². The fraction of sp³-hybridized carbons (Fsp3) is 0.312. The number of halogens is 1. The molecule has 2 aromatic rings. The lowest BCUT2D eigenvalue weighted by Gasteiger charge is -2.20. The SMILES string of the molecule is CCC(C)C(=O)NC(c1ccc(F)cc1)c1cccs1. The number of hydrogen-bond acceptors (Lipinski definition) is 2. The topological polar surface area (TPSA) is 29.1 Å². The molecule has 1 N–H and O–H groups in total. The van der Waals surface area contributed by atoms with Gasteiger partial charge in [0.05, 0.1) is 6.04 Å². The van der Waals surface area contributed by atoms with Crippen molar-refractivity contribution in [3.63, 3.8) is 0 Å². The molecule has 2 unspecified atom stereocenters. The molecule has 0 aliphatic carbocycles. The third-order valence-corrected chi connectivity index (χ3v) is 4.31. The average molecular weight is 291 g/mol. The van der Waals surface area contributed by atoms with Crippen LogP contribution < -0.4 is 5.32 Å². The largest absolute Gasteiger partial charge is 0.344 e. The van der Waals surface area contributed by atoms with Gasteiger partial charge < -0.3 is 5.32 Å². The summed E-state index contributed by atoms with van der Waals surface area (Å²) in [6.07, 6.45) is 0.798. The summed E-state index contributed by atoms with van der Waals surface area (Å²) in [4.78, 5) is 13.2. The molecule has 0 radical (unpaired) electrons. The van der Waals surface area contributed by atoms with Crippen molar-refractivity contribution < 1.29 is 9.18 Å². The van der Waals surface area contributed by atoms with Gasteiger partial charge in [0.2, 0.25) is 5.91 Å². The third-order valence-electron chi connectivity index (χ3n) is 3.38. The van der Waals surface area contributed by atoms with Gasteiger partial charge in [-0.05, 0) is 35.6 Å². The Morgan fingerprint density at radius 2 is 2.00 bits per heavy atom. The van der Waals surface area contributed by atoms with Crippen LogP contribution in [0.3, 0.4) is 0 Å². The molecular weight excluding hydrogens is 273 g/mol.